The highest BCUT2D eigenvalue weighted by molar-refractivity contribution is 9.10. The van der Waals surface area contributed by atoms with Gasteiger partial charge in [0.15, 0.2) is 6.61 Å². The number of rotatable bonds is 7. The number of aryl methyl sites for hydroxylation is 1. The van der Waals surface area contributed by atoms with Crippen molar-refractivity contribution >= 4 is 33.7 Å². The number of halogens is 1. The lowest BCUT2D eigenvalue weighted by molar-refractivity contribution is -0.123. The molecule has 0 saturated heterocycles. The number of hydrazone groups is 1. The van der Waals surface area contributed by atoms with Crippen molar-refractivity contribution < 1.29 is 9.53 Å². The van der Waals surface area contributed by atoms with Gasteiger partial charge in [-0.3, -0.25) is 4.79 Å². The zero-order valence-electron chi connectivity index (χ0n) is 17.5. The minimum Gasteiger partial charge on any atom is -0.484 e. The van der Waals surface area contributed by atoms with Crippen molar-refractivity contribution in [3.8, 4) is 11.4 Å². The number of hydrogen-bond donors (Lipinski definition) is 1. The molecular formula is C23H25BrN4O2. The fraction of sp³-hybridized carbons (Fsp3) is 0.217. The van der Waals surface area contributed by atoms with Crippen LogP contribution >= 0.6 is 15.9 Å². The first-order valence-corrected chi connectivity index (χ1v) is 10.3. The number of nitrogens with one attached hydrogen (secondary N) is 1. The summed E-state index contributed by atoms with van der Waals surface area (Å²) in [5.74, 6) is 0.321. The van der Waals surface area contributed by atoms with E-state index >= 15 is 0 Å². The largest absolute Gasteiger partial charge is 0.484 e. The van der Waals surface area contributed by atoms with Gasteiger partial charge < -0.3 is 14.2 Å². The van der Waals surface area contributed by atoms with Gasteiger partial charge in [-0.1, -0.05) is 22.0 Å². The van der Waals surface area contributed by atoms with Gasteiger partial charge in [-0.2, -0.15) is 5.10 Å². The van der Waals surface area contributed by atoms with E-state index in [1.54, 1.807) is 6.21 Å². The van der Waals surface area contributed by atoms with Crippen LogP contribution in [0.2, 0.25) is 0 Å². The summed E-state index contributed by atoms with van der Waals surface area (Å²) in [4.78, 5) is 14.0. The van der Waals surface area contributed by atoms with E-state index in [1.807, 2.05) is 75.3 Å². The smallest absolute Gasteiger partial charge is 0.277 e. The molecule has 30 heavy (non-hydrogen) atoms. The quantitative estimate of drug-likeness (QED) is 0.411. The van der Waals surface area contributed by atoms with Crippen LogP contribution in [0, 0.1) is 13.8 Å². The second-order valence-corrected chi connectivity index (χ2v) is 8.03. The highest BCUT2D eigenvalue weighted by Gasteiger charge is 2.09. The van der Waals surface area contributed by atoms with Crippen LogP contribution in [0.5, 0.6) is 5.75 Å². The van der Waals surface area contributed by atoms with E-state index in [1.165, 1.54) is 0 Å². The Kier molecular flexibility index (Phi) is 6.95. The summed E-state index contributed by atoms with van der Waals surface area (Å²) < 4.78 is 8.74. The third kappa shape index (κ3) is 5.30. The predicted octanol–water partition coefficient (Wildman–Crippen LogP) is 4.45. The van der Waals surface area contributed by atoms with Crippen molar-refractivity contribution in [2.75, 3.05) is 25.6 Å². The van der Waals surface area contributed by atoms with Crippen LogP contribution in [0.1, 0.15) is 17.0 Å². The van der Waals surface area contributed by atoms with Crippen LogP contribution in [-0.2, 0) is 4.79 Å². The Morgan fingerprint density at radius 3 is 2.60 bits per heavy atom. The highest BCUT2D eigenvalue weighted by atomic mass is 79.9. The van der Waals surface area contributed by atoms with E-state index in [4.69, 9.17) is 4.74 Å². The number of nitrogens with zero attached hydrogens (tertiary/aromatic N) is 3. The lowest BCUT2D eigenvalue weighted by Crippen LogP contribution is -2.24. The van der Waals surface area contributed by atoms with Gasteiger partial charge in [0.1, 0.15) is 5.75 Å². The molecule has 0 unspecified atom stereocenters. The van der Waals surface area contributed by atoms with Gasteiger partial charge >= 0.3 is 0 Å². The molecule has 6 nitrogen and oxygen atoms in total. The van der Waals surface area contributed by atoms with Crippen molar-refractivity contribution in [1.82, 2.24) is 9.99 Å². The molecule has 156 valence electrons. The minimum atomic E-state index is -0.316. The van der Waals surface area contributed by atoms with E-state index < -0.39 is 0 Å². The molecule has 0 saturated carbocycles. The molecule has 2 aromatic carbocycles. The van der Waals surface area contributed by atoms with E-state index in [0.29, 0.717) is 5.75 Å². The molecule has 3 rings (SSSR count). The molecule has 1 heterocycles. The number of amides is 1. The lowest BCUT2D eigenvalue weighted by atomic mass is 10.2. The number of benzene rings is 2. The topological polar surface area (TPSA) is 58.9 Å². The van der Waals surface area contributed by atoms with Crippen LogP contribution in [0.25, 0.3) is 5.69 Å². The van der Waals surface area contributed by atoms with Gasteiger partial charge in [-0.15, -0.1) is 0 Å². The second-order valence-electron chi connectivity index (χ2n) is 7.11. The standard InChI is InChI=1S/C23H25BrN4O2/c1-16-12-18(17(2)28(16)20-10-8-19(24)9-11-20)14-25-26-23(29)15-30-22-7-5-6-21(13-22)27(3)4/h5-14H,15H2,1-4H3,(H,26,29)/b25-14+. The summed E-state index contributed by atoms with van der Waals surface area (Å²) in [5.41, 5.74) is 7.68. The lowest BCUT2D eigenvalue weighted by Gasteiger charge is -2.13. The Labute approximate surface area is 185 Å². The number of carbonyl (C=O) groups excluding carboxylic acids is 1. The zero-order chi connectivity index (χ0) is 21.7. The van der Waals surface area contributed by atoms with Gasteiger partial charge in [0.25, 0.3) is 5.91 Å². The maximum absolute atomic E-state index is 12.1. The van der Waals surface area contributed by atoms with Crippen molar-refractivity contribution in [2.24, 2.45) is 5.10 Å². The Bertz CT molecular complexity index is 1060. The average molecular weight is 469 g/mol. The first-order chi connectivity index (χ1) is 14.3. The van der Waals surface area contributed by atoms with E-state index in [2.05, 4.69) is 43.2 Å². The van der Waals surface area contributed by atoms with Gasteiger partial charge in [0, 0.05) is 53.0 Å². The third-order valence-electron chi connectivity index (χ3n) is 4.65. The SMILES string of the molecule is Cc1cc(/C=N/NC(=O)COc2cccc(N(C)C)c2)c(C)n1-c1ccc(Br)cc1. The number of aromatic nitrogens is 1. The van der Waals surface area contributed by atoms with E-state index in [-0.39, 0.29) is 12.5 Å². The minimum absolute atomic E-state index is 0.105. The average Bonchev–Trinajstić information content (AvgIpc) is 3.00. The molecular weight excluding hydrogens is 444 g/mol. The van der Waals surface area contributed by atoms with E-state index in [9.17, 15) is 4.79 Å². The summed E-state index contributed by atoms with van der Waals surface area (Å²) in [6.07, 6.45) is 1.66. The second kappa shape index (κ2) is 9.63. The molecule has 3 aromatic rings. The maximum Gasteiger partial charge on any atom is 0.277 e. The molecule has 0 bridgehead atoms. The van der Waals surface area contributed by atoms with Crippen molar-refractivity contribution in [2.45, 2.75) is 13.8 Å². The van der Waals surface area contributed by atoms with Crippen molar-refractivity contribution in [3.63, 3.8) is 0 Å². The van der Waals surface area contributed by atoms with Crippen LogP contribution in [-0.4, -0.2) is 37.4 Å². The van der Waals surface area contributed by atoms with Gasteiger partial charge in [-0.25, -0.2) is 5.43 Å². The van der Waals surface area contributed by atoms with Crippen LogP contribution < -0.4 is 15.1 Å². The highest BCUT2D eigenvalue weighted by Crippen LogP contribution is 2.21. The molecule has 0 fully saturated rings. The predicted molar refractivity (Wildman–Crippen MR) is 125 cm³/mol. The van der Waals surface area contributed by atoms with Crippen molar-refractivity contribution in [3.05, 3.63) is 76.0 Å². The van der Waals surface area contributed by atoms with Crippen LogP contribution in [0.15, 0.2) is 64.2 Å². The molecule has 0 spiro atoms. The molecule has 0 aliphatic heterocycles. The fourth-order valence-electron chi connectivity index (χ4n) is 3.11. The van der Waals surface area contributed by atoms with E-state index in [0.717, 1.165) is 32.8 Å². The normalized spacial score (nSPS) is 11.0. The molecule has 0 aliphatic rings. The number of hydrogen-bond acceptors (Lipinski definition) is 4. The van der Waals surface area contributed by atoms with Crippen LogP contribution in [0.3, 0.4) is 0 Å². The molecule has 1 N–H and O–H groups in total. The molecule has 0 radical (unpaired) electrons. The summed E-state index contributed by atoms with van der Waals surface area (Å²) in [5, 5.41) is 4.09. The molecule has 1 aromatic heterocycles. The van der Waals surface area contributed by atoms with Crippen LogP contribution in [0.4, 0.5) is 5.69 Å². The third-order valence-corrected chi connectivity index (χ3v) is 5.18. The number of anilines is 1. The first kappa shape index (κ1) is 21.6. The fourth-order valence-corrected chi connectivity index (χ4v) is 3.38. The monoisotopic (exact) mass is 468 g/mol. The number of carbonyl (C=O) groups is 1. The molecule has 1 amide bonds. The Morgan fingerprint density at radius 2 is 1.90 bits per heavy atom. The Morgan fingerprint density at radius 1 is 1.17 bits per heavy atom. The molecule has 0 aliphatic carbocycles. The van der Waals surface area contributed by atoms with Gasteiger partial charge in [-0.05, 0) is 56.3 Å². The van der Waals surface area contributed by atoms with Crippen molar-refractivity contribution in [1.29, 1.82) is 0 Å². The number of ether oxygens (including phenoxy) is 1. The van der Waals surface area contributed by atoms with Gasteiger partial charge in [0.05, 0.1) is 6.21 Å². The van der Waals surface area contributed by atoms with Gasteiger partial charge in [0.2, 0.25) is 0 Å². The first-order valence-electron chi connectivity index (χ1n) is 9.52. The maximum atomic E-state index is 12.1. The Hall–Kier alpha value is -3.06. The summed E-state index contributed by atoms with van der Waals surface area (Å²) >= 11 is 3.46. The summed E-state index contributed by atoms with van der Waals surface area (Å²) in [6, 6.07) is 17.7. The molecule has 0 atom stereocenters. The summed E-state index contributed by atoms with van der Waals surface area (Å²) in [7, 11) is 3.91. The summed E-state index contributed by atoms with van der Waals surface area (Å²) in [6.45, 7) is 3.96. The Balaban J connectivity index is 1.60. The zero-order valence-corrected chi connectivity index (χ0v) is 19.1. The molecule has 7 heteroatoms.